The van der Waals surface area contributed by atoms with Gasteiger partial charge in [-0.15, -0.1) is 11.3 Å². The fraction of sp³-hybridized carbons (Fsp3) is 0.231. The van der Waals surface area contributed by atoms with Crippen LogP contribution in [0.4, 0.5) is 13.6 Å². The Morgan fingerprint density at radius 3 is 2.48 bits per heavy atom. The molecule has 1 aromatic heterocycles. The number of hydrogen-bond donors (Lipinski definition) is 2. The summed E-state index contributed by atoms with van der Waals surface area (Å²) < 4.78 is 27.5. The minimum absolute atomic E-state index is 0.170. The number of aromatic nitrogens is 1. The molecule has 0 radical (unpaired) electrons. The van der Waals surface area contributed by atoms with Crippen LogP contribution in [0, 0.1) is 18.6 Å². The Labute approximate surface area is 129 Å². The summed E-state index contributed by atoms with van der Waals surface area (Å²) in [5.74, 6) is -1.36. The Balaban J connectivity index is 1.87. The maximum Gasteiger partial charge on any atom is 0.315 e. The van der Waals surface area contributed by atoms with Crippen LogP contribution in [0.3, 0.4) is 0 Å². The van der Waals surface area contributed by atoms with E-state index in [-0.39, 0.29) is 18.7 Å². The van der Waals surface area contributed by atoms with Gasteiger partial charge < -0.3 is 10.6 Å². The fourth-order valence-electron chi connectivity index (χ4n) is 1.66. The molecule has 2 amide bonds. The number of halogens is 3. The number of carbonyl (C=O) groups excluding carboxylic acids is 1. The highest BCUT2D eigenvalue weighted by Crippen LogP contribution is 2.17. The van der Waals surface area contributed by atoms with E-state index < -0.39 is 17.7 Å². The van der Waals surface area contributed by atoms with Crippen LogP contribution in [0.2, 0.25) is 4.47 Å². The number of urea groups is 1. The fourth-order valence-corrected chi connectivity index (χ4v) is 2.58. The van der Waals surface area contributed by atoms with E-state index in [1.165, 1.54) is 23.5 Å². The van der Waals surface area contributed by atoms with E-state index >= 15 is 0 Å². The topological polar surface area (TPSA) is 54.0 Å². The summed E-state index contributed by atoms with van der Waals surface area (Å²) in [4.78, 5) is 16.2. The van der Waals surface area contributed by atoms with Crippen LogP contribution >= 0.6 is 22.9 Å². The highest BCUT2D eigenvalue weighted by atomic mass is 35.5. The van der Waals surface area contributed by atoms with Crippen LogP contribution in [-0.2, 0) is 13.1 Å². The molecule has 0 aliphatic heterocycles. The third-order valence-electron chi connectivity index (χ3n) is 2.66. The molecule has 2 rings (SSSR count). The Morgan fingerprint density at radius 2 is 1.90 bits per heavy atom. The summed E-state index contributed by atoms with van der Waals surface area (Å²) in [5, 5.41) is 4.95. The maximum atomic E-state index is 13.6. The van der Waals surface area contributed by atoms with Crippen molar-refractivity contribution in [2.45, 2.75) is 20.0 Å². The molecule has 0 saturated heterocycles. The number of rotatable bonds is 4. The van der Waals surface area contributed by atoms with Gasteiger partial charge in [0.05, 0.1) is 13.1 Å². The summed E-state index contributed by atoms with van der Waals surface area (Å²) in [6, 6.07) is 1.91. The maximum absolute atomic E-state index is 13.6. The Bertz CT molecular complexity index is 640. The second kappa shape index (κ2) is 6.82. The Hall–Kier alpha value is -1.73. The zero-order valence-electron chi connectivity index (χ0n) is 11.0. The van der Waals surface area contributed by atoms with Gasteiger partial charge in [0.1, 0.15) is 11.6 Å². The Morgan fingerprint density at radius 1 is 1.29 bits per heavy atom. The number of hydrogen-bond acceptors (Lipinski definition) is 3. The van der Waals surface area contributed by atoms with Gasteiger partial charge in [0, 0.05) is 16.6 Å². The van der Waals surface area contributed by atoms with E-state index in [1.54, 1.807) is 13.1 Å². The van der Waals surface area contributed by atoms with Gasteiger partial charge in [-0.2, -0.15) is 0 Å². The van der Waals surface area contributed by atoms with Crippen molar-refractivity contribution in [2.24, 2.45) is 0 Å². The predicted molar refractivity (Wildman–Crippen MR) is 77.3 cm³/mol. The first kappa shape index (κ1) is 15.7. The van der Waals surface area contributed by atoms with E-state index in [1.807, 2.05) is 0 Å². The van der Waals surface area contributed by atoms with Crippen LogP contribution < -0.4 is 10.6 Å². The van der Waals surface area contributed by atoms with Crippen LogP contribution in [0.5, 0.6) is 0 Å². The molecule has 1 aromatic carbocycles. The molecule has 2 aromatic rings. The largest absolute Gasteiger partial charge is 0.334 e. The number of nitrogens with zero attached hydrogens (tertiary/aromatic N) is 1. The summed E-state index contributed by atoms with van der Waals surface area (Å²) >= 11 is 6.90. The predicted octanol–water partition coefficient (Wildman–Crippen LogP) is 3.38. The summed E-state index contributed by atoms with van der Waals surface area (Å²) in [6.45, 7) is 1.61. The minimum atomic E-state index is -0.679. The summed E-state index contributed by atoms with van der Waals surface area (Å²) in [5.41, 5.74) is 0.317. The molecule has 0 saturated carbocycles. The molecule has 112 valence electrons. The first-order valence-corrected chi connectivity index (χ1v) is 7.21. The van der Waals surface area contributed by atoms with Crippen molar-refractivity contribution in [3.05, 3.63) is 50.4 Å². The first-order valence-electron chi connectivity index (χ1n) is 6.02. The number of nitrogens with one attached hydrogen (secondary N) is 2. The van der Waals surface area contributed by atoms with E-state index in [2.05, 4.69) is 15.6 Å². The van der Waals surface area contributed by atoms with Gasteiger partial charge in [0.2, 0.25) is 0 Å². The highest BCUT2D eigenvalue weighted by Gasteiger charge is 2.11. The summed E-state index contributed by atoms with van der Waals surface area (Å²) in [6.07, 6.45) is 1.55. The molecule has 0 spiro atoms. The molecule has 0 aliphatic rings. The third-order valence-corrected chi connectivity index (χ3v) is 3.77. The van der Waals surface area contributed by atoms with Crippen LogP contribution in [0.15, 0.2) is 18.3 Å². The zero-order valence-corrected chi connectivity index (χ0v) is 12.6. The average molecular weight is 332 g/mol. The van der Waals surface area contributed by atoms with Crippen LogP contribution in [0.1, 0.15) is 16.0 Å². The Kier molecular flexibility index (Phi) is 5.08. The molecule has 0 unspecified atom stereocenters. The van der Waals surface area contributed by atoms with Gasteiger partial charge >= 0.3 is 6.03 Å². The van der Waals surface area contributed by atoms with E-state index in [9.17, 15) is 13.6 Å². The zero-order chi connectivity index (χ0) is 15.4. The van der Waals surface area contributed by atoms with Gasteiger partial charge in [-0.25, -0.2) is 18.6 Å². The van der Waals surface area contributed by atoms with Gasteiger partial charge in [-0.3, -0.25) is 0 Å². The number of carbonyl (C=O) groups is 1. The van der Waals surface area contributed by atoms with Crippen molar-refractivity contribution in [1.29, 1.82) is 0 Å². The first-order chi connectivity index (χ1) is 9.95. The molecule has 0 atom stereocenters. The quantitative estimate of drug-likeness (QED) is 0.902. The average Bonchev–Trinajstić information content (AvgIpc) is 2.81. The van der Waals surface area contributed by atoms with Crippen molar-refractivity contribution in [2.75, 3.05) is 0 Å². The molecule has 0 fully saturated rings. The van der Waals surface area contributed by atoms with E-state index in [0.717, 1.165) is 4.88 Å². The van der Waals surface area contributed by atoms with E-state index in [0.29, 0.717) is 10.0 Å². The van der Waals surface area contributed by atoms with Gasteiger partial charge in [-0.1, -0.05) is 11.6 Å². The van der Waals surface area contributed by atoms with Crippen molar-refractivity contribution >= 4 is 29.0 Å². The smallest absolute Gasteiger partial charge is 0.315 e. The van der Waals surface area contributed by atoms with Gasteiger partial charge in [-0.05, 0) is 24.6 Å². The molecular weight excluding hydrogens is 320 g/mol. The molecule has 2 N–H and O–H groups in total. The number of aryl methyl sites for hydroxylation is 1. The highest BCUT2D eigenvalue weighted by molar-refractivity contribution is 7.15. The lowest BCUT2D eigenvalue weighted by Gasteiger charge is -2.09. The molecule has 0 aliphatic carbocycles. The molecule has 0 bridgehead atoms. The van der Waals surface area contributed by atoms with Crippen molar-refractivity contribution in [3.63, 3.8) is 0 Å². The second-order valence-electron chi connectivity index (χ2n) is 4.32. The second-order valence-corrected chi connectivity index (χ2v) is 6.02. The number of thiazole rings is 1. The molecule has 21 heavy (non-hydrogen) atoms. The lowest BCUT2D eigenvalue weighted by molar-refractivity contribution is 0.240. The van der Waals surface area contributed by atoms with Crippen molar-refractivity contribution < 1.29 is 13.6 Å². The molecule has 4 nitrogen and oxygen atoms in total. The van der Waals surface area contributed by atoms with Gasteiger partial charge in [0.15, 0.2) is 4.47 Å². The van der Waals surface area contributed by atoms with Crippen molar-refractivity contribution in [3.8, 4) is 0 Å². The normalized spacial score (nSPS) is 10.5. The van der Waals surface area contributed by atoms with Gasteiger partial charge in [0.25, 0.3) is 0 Å². The summed E-state index contributed by atoms with van der Waals surface area (Å²) in [7, 11) is 0. The molecule has 8 heteroatoms. The lowest BCUT2D eigenvalue weighted by atomic mass is 10.1. The standard InChI is InChI=1S/C13H12ClF2N3OS/c1-7-2-10(15)9(11(16)3-7)6-19-13(20)18-5-8-4-17-12(14)21-8/h2-4H,5-6H2,1H3,(H2,18,19,20). The van der Waals surface area contributed by atoms with Crippen LogP contribution in [0.25, 0.3) is 0 Å². The number of amides is 2. The van der Waals surface area contributed by atoms with Crippen molar-refractivity contribution in [1.82, 2.24) is 15.6 Å². The molecule has 1 heterocycles. The lowest BCUT2D eigenvalue weighted by Crippen LogP contribution is -2.34. The van der Waals surface area contributed by atoms with E-state index in [4.69, 9.17) is 11.6 Å². The SMILES string of the molecule is Cc1cc(F)c(CNC(=O)NCc2cnc(Cl)s2)c(F)c1. The van der Waals surface area contributed by atoms with Crippen LogP contribution in [-0.4, -0.2) is 11.0 Å². The monoisotopic (exact) mass is 331 g/mol. The number of benzene rings is 1. The minimum Gasteiger partial charge on any atom is -0.334 e. The molecular formula is C13H12ClF2N3OS. The third kappa shape index (κ3) is 4.37.